The molecule has 3 aromatic heterocycles. The molecule has 0 bridgehead atoms. The third-order valence-corrected chi connectivity index (χ3v) is 5.57. The Hall–Kier alpha value is -3.46. The summed E-state index contributed by atoms with van der Waals surface area (Å²) in [5.74, 6) is 0.970. The van der Waals surface area contributed by atoms with Crippen LogP contribution in [0.3, 0.4) is 0 Å². The monoisotopic (exact) mass is 434 g/mol. The molecule has 31 heavy (non-hydrogen) atoms. The Balaban J connectivity index is 1.65. The highest BCUT2D eigenvalue weighted by atomic mass is 32.2. The van der Waals surface area contributed by atoms with Gasteiger partial charge in [-0.3, -0.25) is 9.59 Å². The summed E-state index contributed by atoms with van der Waals surface area (Å²) < 4.78 is 3.20. The number of aryl methyl sites for hydroxylation is 1. The summed E-state index contributed by atoms with van der Waals surface area (Å²) in [5.41, 5.74) is 1.35. The van der Waals surface area contributed by atoms with Crippen molar-refractivity contribution >= 4 is 34.4 Å². The summed E-state index contributed by atoms with van der Waals surface area (Å²) in [6.07, 6.45) is 3.35. The Morgan fingerprint density at radius 3 is 2.71 bits per heavy atom. The molecule has 0 radical (unpaired) electrons. The van der Waals surface area contributed by atoms with Crippen molar-refractivity contribution in [2.75, 3.05) is 11.1 Å². The summed E-state index contributed by atoms with van der Waals surface area (Å²) in [6, 6.07) is 12.7. The third kappa shape index (κ3) is 4.36. The predicted octanol–water partition coefficient (Wildman–Crippen LogP) is 3.60. The number of pyridine rings is 1. The molecule has 1 aromatic carbocycles. The van der Waals surface area contributed by atoms with Crippen LogP contribution in [0, 0.1) is 6.92 Å². The lowest BCUT2D eigenvalue weighted by Gasteiger charge is -2.13. The van der Waals surface area contributed by atoms with Crippen LogP contribution in [0.1, 0.15) is 25.5 Å². The number of rotatable bonds is 6. The number of nitrogens with one attached hydrogen (secondary N) is 1. The average molecular weight is 435 g/mol. The van der Waals surface area contributed by atoms with Crippen molar-refractivity contribution in [2.45, 2.75) is 32.0 Å². The summed E-state index contributed by atoms with van der Waals surface area (Å²) in [6.45, 7) is 5.91. The maximum absolute atomic E-state index is 13.2. The van der Waals surface area contributed by atoms with E-state index >= 15 is 0 Å². The second-order valence-electron chi connectivity index (χ2n) is 7.34. The molecule has 0 unspecified atom stereocenters. The first kappa shape index (κ1) is 20.8. The molecule has 9 heteroatoms. The van der Waals surface area contributed by atoms with E-state index in [9.17, 15) is 9.59 Å². The standard InChI is InChI=1S/C22H22N6O2S/c1-14(2)28-19(10-11-24-28)26-20(29)13-31-22-25-17-7-5-4-6-16(17)21(30)27(22)18-9-8-15(3)12-23-18/h4-12,14H,13H2,1-3H3,(H,26,29). The lowest BCUT2D eigenvalue weighted by molar-refractivity contribution is -0.113. The maximum Gasteiger partial charge on any atom is 0.267 e. The number of carbonyl (C=O) groups is 1. The lowest BCUT2D eigenvalue weighted by atomic mass is 10.2. The van der Waals surface area contributed by atoms with Crippen molar-refractivity contribution in [3.8, 4) is 5.82 Å². The van der Waals surface area contributed by atoms with Crippen LogP contribution in [0.4, 0.5) is 5.82 Å². The van der Waals surface area contributed by atoms with Crippen LogP contribution in [-0.4, -0.2) is 36.0 Å². The SMILES string of the molecule is Cc1ccc(-n2c(SCC(=O)Nc3ccnn3C(C)C)nc3ccccc3c2=O)nc1. The minimum atomic E-state index is -0.220. The van der Waals surface area contributed by atoms with Crippen LogP contribution >= 0.6 is 11.8 Å². The number of benzene rings is 1. The highest BCUT2D eigenvalue weighted by Gasteiger charge is 2.16. The Labute approximate surface area is 183 Å². The number of nitrogens with zero attached hydrogens (tertiary/aromatic N) is 5. The highest BCUT2D eigenvalue weighted by Crippen LogP contribution is 2.21. The van der Waals surface area contributed by atoms with E-state index in [4.69, 9.17) is 0 Å². The molecule has 0 saturated carbocycles. The van der Waals surface area contributed by atoms with Crippen LogP contribution in [-0.2, 0) is 4.79 Å². The van der Waals surface area contributed by atoms with Crippen LogP contribution < -0.4 is 10.9 Å². The van der Waals surface area contributed by atoms with Gasteiger partial charge in [0, 0.05) is 18.3 Å². The van der Waals surface area contributed by atoms with Gasteiger partial charge in [0.2, 0.25) is 5.91 Å². The lowest BCUT2D eigenvalue weighted by Crippen LogP contribution is -2.24. The Morgan fingerprint density at radius 1 is 1.16 bits per heavy atom. The Bertz CT molecular complexity index is 1290. The number of fused-ring (bicyclic) bond motifs is 1. The number of thioether (sulfide) groups is 1. The number of amides is 1. The van der Waals surface area contributed by atoms with E-state index in [0.717, 1.165) is 5.56 Å². The predicted molar refractivity (Wildman–Crippen MR) is 122 cm³/mol. The van der Waals surface area contributed by atoms with Crippen LogP contribution in [0.25, 0.3) is 16.7 Å². The number of para-hydroxylation sites is 1. The summed E-state index contributed by atoms with van der Waals surface area (Å²) in [4.78, 5) is 34.8. The van der Waals surface area contributed by atoms with Gasteiger partial charge in [-0.1, -0.05) is 30.0 Å². The first-order valence-corrected chi connectivity index (χ1v) is 10.8. The number of hydrogen-bond acceptors (Lipinski definition) is 6. The van der Waals surface area contributed by atoms with Crippen molar-refractivity contribution in [2.24, 2.45) is 0 Å². The summed E-state index contributed by atoms with van der Waals surface area (Å²) >= 11 is 1.19. The quantitative estimate of drug-likeness (QED) is 0.368. The van der Waals surface area contributed by atoms with Gasteiger partial charge in [0.15, 0.2) is 5.16 Å². The fraction of sp³-hybridized carbons (Fsp3) is 0.227. The Kier molecular flexibility index (Phi) is 5.85. The zero-order valence-corrected chi connectivity index (χ0v) is 18.3. The van der Waals surface area contributed by atoms with Crippen molar-refractivity contribution in [3.05, 3.63) is 70.8 Å². The fourth-order valence-electron chi connectivity index (χ4n) is 3.14. The first-order chi connectivity index (χ1) is 14.9. The van der Waals surface area contributed by atoms with E-state index in [2.05, 4.69) is 20.4 Å². The van der Waals surface area contributed by atoms with Crippen molar-refractivity contribution < 1.29 is 4.79 Å². The Morgan fingerprint density at radius 2 is 1.97 bits per heavy atom. The maximum atomic E-state index is 13.2. The molecule has 4 aromatic rings. The van der Waals surface area contributed by atoms with Crippen LogP contribution in [0.2, 0.25) is 0 Å². The van der Waals surface area contributed by atoms with Crippen molar-refractivity contribution in [1.82, 2.24) is 24.3 Å². The smallest absolute Gasteiger partial charge is 0.267 e. The van der Waals surface area contributed by atoms with Crippen LogP contribution in [0.15, 0.2) is 64.8 Å². The van der Waals surface area contributed by atoms with E-state index in [0.29, 0.717) is 27.7 Å². The van der Waals surface area contributed by atoms with Gasteiger partial charge in [0.05, 0.1) is 22.9 Å². The molecule has 0 aliphatic carbocycles. The number of hydrogen-bond donors (Lipinski definition) is 1. The molecule has 4 rings (SSSR count). The fourth-order valence-corrected chi connectivity index (χ4v) is 3.94. The molecule has 1 N–H and O–H groups in total. The van der Waals surface area contributed by atoms with Gasteiger partial charge in [-0.2, -0.15) is 5.10 Å². The molecule has 1 amide bonds. The zero-order chi connectivity index (χ0) is 22.0. The van der Waals surface area contributed by atoms with E-state index < -0.39 is 0 Å². The number of carbonyl (C=O) groups excluding carboxylic acids is 1. The van der Waals surface area contributed by atoms with Gasteiger partial charge in [-0.15, -0.1) is 0 Å². The van der Waals surface area contributed by atoms with Crippen LogP contribution in [0.5, 0.6) is 0 Å². The van der Waals surface area contributed by atoms with Gasteiger partial charge in [0.1, 0.15) is 11.6 Å². The van der Waals surface area contributed by atoms with Gasteiger partial charge >= 0.3 is 0 Å². The van der Waals surface area contributed by atoms with E-state index in [-0.39, 0.29) is 23.3 Å². The normalized spacial score (nSPS) is 11.2. The molecule has 0 atom stereocenters. The minimum Gasteiger partial charge on any atom is -0.310 e. The van der Waals surface area contributed by atoms with Gasteiger partial charge in [-0.05, 0) is 44.5 Å². The van der Waals surface area contributed by atoms with Gasteiger partial charge in [0.25, 0.3) is 5.56 Å². The second kappa shape index (κ2) is 8.73. The van der Waals surface area contributed by atoms with E-state index in [1.807, 2.05) is 32.9 Å². The summed E-state index contributed by atoms with van der Waals surface area (Å²) in [7, 11) is 0. The van der Waals surface area contributed by atoms with E-state index in [1.165, 1.54) is 16.3 Å². The molecule has 8 nitrogen and oxygen atoms in total. The zero-order valence-electron chi connectivity index (χ0n) is 17.4. The molecule has 0 saturated heterocycles. The molecular weight excluding hydrogens is 412 g/mol. The molecule has 158 valence electrons. The molecule has 3 heterocycles. The van der Waals surface area contributed by atoms with Crippen molar-refractivity contribution in [3.63, 3.8) is 0 Å². The van der Waals surface area contributed by atoms with Gasteiger partial charge in [-0.25, -0.2) is 19.2 Å². The molecule has 0 fully saturated rings. The molecule has 0 aliphatic rings. The molecule has 0 aliphatic heterocycles. The third-order valence-electron chi connectivity index (χ3n) is 4.63. The highest BCUT2D eigenvalue weighted by molar-refractivity contribution is 7.99. The van der Waals surface area contributed by atoms with E-state index in [1.54, 1.807) is 47.4 Å². The van der Waals surface area contributed by atoms with Gasteiger partial charge < -0.3 is 5.32 Å². The second-order valence-corrected chi connectivity index (χ2v) is 8.28. The average Bonchev–Trinajstić information content (AvgIpc) is 3.22. The molecular formula is C22H22N6O2S. The summed E-state index contributed by atoms with van der Waals surface area (Å²) in [5, 5.41) is 8.00. The first-order valence-electron chi connectivity index (χ1n) is 9.85. The topological polar surface area (TPSA) is 94.7 Å². The minimum absolute atomic E-state index is 0.0833. The molecule has 0 spiro atoms. The van der Waals surface area contributed by atoms with Crippen molar-refractivity contribution in [1.29, 1.82) is 0 Å². The number of anilines is 1. The largest absolute Gasteiger partial charge is 0.310 e. The number of aromatic nitrogens is 5.